The fourth-order valence-corrected chi connectivity index (χ4v) is 1.65. The van der Waals surface area contributed by atoms with E-state index in [4.69, 9.17) is 29.9 Å². The highest BCUT2D eigenvalue weighted by Gasteiger charge is 2.13. The van der Waals surface area contributed by atoms with Crippen molar-refractivity contribution in [3.8, 4) is 0 Å². The van der Waals surface area contributed by atoms with Gasteiger partial charge in [0.2, 0.25) is 0 Å². The number of carbonyl (C=O) groups is 2. The van der Waals surface area contributed by atoms with Crippen LogP contribution in [0.3, 0.4) is 0 Å². The average molecular weight is 402 g/mol. The Hall–Kier alpha value is -2.00. The van der Waals surface area contributed by atoms with Crippen LogP contribution in [0.5, 0.6) is 0 Å². The van der Waals surface area contributed by atoms with Crippen LogP contribution in [0.25, 0.3) is 0 Å². The predicted molar refractivity (Wildman–Crippen MR) is 105 cm³/mol. The molecular weight excluding hydrogens is 368 g/mol. The van der Waals surface area contributed by atoms with E-state index in [0.29, 0.717) is 13.2 Å². The van der Waals surface area contributed by atoms with Gasteiger partial charge in [0, 0.05) is 13.2 Å². The minimum Gasteiger partial charge on any atom is -0.478 e. The van der Waals surface area contributed by atoms with E-state index in [1.165, 1.54) is 24.3 Å². The molecule has 0 aliphatic rings. The van der Waals surface area contributed by atoms with Crippen molar-refractivity contribution in [2.24, 2.45) is 0 Å². The van der Waals surface area contributed by atoms with Gasteiger partial charge < -0.3 is 29.9 Å². The Morgan fingerprint density at radius 2 is 1.14 bits per heavy atom. The van der Waals surface area contributed by atoms with Crippen molar-refractivity contribution in [2.75, 3.05) is 13.2 Å². The first kappa shape index (κ1) is 28.2. The molecule has 0 radical (unpaired) electrons. The van der Waals surface area contributed by atoms with Crippen LogP contribution in [0.1, 0.15) is 74.1 Å². The Morgan fingerprint density at radius 1 is 0.821 bits per heavy atom. The second kappa shape index (κ2) is 18.4. The third kappa shape index (κ3) is 17.4. The van der Waals surface area contributed by atoms with Crippen LogP contribution in [0.4, 0.5) is 0 Å². The number of carboxylic acids is 2. The smallest absolute Gasteiger partial charge is 0.336 e. The first-order valence-corrected chi connectivity index (χ1v) is 9.32. The number of hydrogen-bond donors (Lipinski definition) is 4. The topological polar surface area (TPSA) is 134 Å². The SMILES string of the molecule is CCCCOC(C)O.CCCCOC(C)O.O=C(O)c1ccccc1C(=O)O. The summed E-state index contributed by atoms with van der Waals surface area (Å²) in [5, 5.41) is 34.2. The lowest BCUT2D eigenvalue weighted by molar-refractivity contribution is -0.0861. The first-order chi connectivity index (χ1) is 13.2. The molecule has 0 fully saturated rings. The molecule has 0 aromatic heterocycles. The maximum Gasteiger partial charge on any atom is 0.336 e. The van der Waals surface area contributed by atoms with Crippen molar-refractivity contribution in [3.05, 3.63) is 35.4 Å². The molecule has 0 saturated heterocycles. The molecule has 1 rings (SSSR count). The molecule has 0 saturated carbocycles. The van der Waals surface area contributed by atoms with Gasteiger partial charge in [-0.1, -0.05) is 38.8 Å². The summed E-state index contributed by atoms with van der Waals surface area (Å²) in [6.07, 6.45) is 3.11. The zero-order valence-corrected chi connectivity index (χ0v) is 17.1. The summed E-state index contributed by atoms with van der Waals surface area (Å²) >= 11 is 0. The van der Waals surface area contributed by atoms with Crippen molar-refractivity contribution in [1.82, 2.24) is 0 Å². The van der Waals surface area contributed by atoms with E-state index >= 15 is 0 Å². The van der Waals surface area contributed by atoms with Crippen LogP contribution in [0, 0.1) is 0 Å². The molecule has 1 aromatic rings. The third-order valence-corrected chi connectivity index (χ3v) is 3.10. The van der Waals surface area contributed by atoms with Gasteiger partial charge in [-0.3, -0.25) is 0 Å². The van der Waals surface area contributed by atoms with Crippen molar-refractivity contribution in [2.45, 2.75) is 66.0 Å². The number of aliphatic hydroxyl groups is 2. The zero-order chi connectivity index (χ0) is 21.9. The molecule has 2 atom stereocenters. The molecule has 28 heavy (non-hydrogen) atoms. The molecule has 0 aliphatic carbocycles. The van der Waals surface area contributed by atoms with Gasteiger partial charge in [-0.15, -0.1) is 0 Å². The predicted octanol–water partition coefficient (Wildman–Crippen LogP) is 3.37. The molecule has 162 valence electrons. The van der Waals surface area contributed by atoms with E-state index < -0.39 is 24.5 Å². The van der Waals surface area contributed by atoms with Crippen LogP contribution in [0.15, 0.2) is 24.3 Å². The Kier molecular flexibility index (Phi) is 18.5. The average Bonchev–Trinajstić information content (AvgIpc) is 2.62. The molecule has 0 heterocycles. The minimum atomic E-state index is -1.23. The summed E-state index contributed by atoms with van der Waals surface area (Å²) in [5.74, 6) is -2.46. The number of carboxylic acid groups (broad SMARTS) is 2. The van der Waals surface area contributed by atoms with Gasteiger partial charge in [0.1, 0.15) is 0 Å². The van der Waals surface area contributed by atoms with Crippen LogP contribution in [-0.2, 0) is 9.47 Å². The van der Waals surface area contributed by atoms with Crippen LogP contribution < -0.4 is 0 Å². The van der Waals surface area contributed by atoms with Crippen molar-refractivity contribution < 1.29 is 39.5 Å². The van der Waals surface area contributed by atoms with Gasteiger partial charge in [-0.05, 0) is 38.8 Å². The molecule has 0 bridgehead atoms. The number of benzene rings is 1. The normalized spacial score (nSPS) is 11.9. The van der Waals surface area contributed by atoms with Gasteiger partial charge in [-0.2, -0.15) is 0 Å². The number of unbranched alkanes of at least 4 members (excludes halogenated alkanes) is 2. The summed E-state index contributed by atoms with van der Waals surface area (Å²) in [7, 11) is 0. The van der Waals surface area contributed by atoms with Crippen molar-refractivity contribution >= 4 is 11.9 Å². The number of aromatic carboxylic acids is 2. The molecular formula is C20H34O8. The summed E-state index contributed by atoms with van der Waals surface area (Å²) in [6.45, 7) is 8.77. The highest BCUT2D eigenvalue weighted by Crippen LogP contribution is 2.07. The summed E-state index contributed by atoms with van der Waals surface area (Å²) in [5.41, 5.74) is -0.380. The van der Waals surface area contributed by atoms with E-state index in [2.05, 4.69) is 13.8 Å². The Balaban J connectivity index is 0. The third-order valence-electron chi connectivity index (χ3n) is 3.10. The summed E-state index contributed by atoms with van der Waals surface area (Å²) < 4.78 is 9.68. The molecule has 0 amide bonds. The van der Waals surface area contributed by atoms with E-state index in [0.717, 1.165) is 25.7 Å². The monoisotopic (exact) mass is 402 g/mol. The fraction of sp³-hybridized carbons (Fsp3) is 0.600. The largest absolute Gasteiger partial charge is 0.478 e. The minimum absolute atomic E-state index is 0.190. The van der Waals surface area contributed by atoms with E-state index in [1.807, 2.05) is 0 Å². The standard InChI is InChI=1S/C8H6O4.2C6H14O2/c9-7(10)5-3-1-2-4-6(5)8(11)12;2*1-3-4-5-8-6(2)7/h1-4H,(H,9,10)(H,11,12);2*6-7H,3-5H2,1-2H3. The molecule has 0 spiro atoms. The fourth-order valence-electron chi connectivity index (χ4n) is 1.65. The molecule has 1 aromatic carbocycles. The number of rotatable bonds is 10. The van der Waals surface area contributed by atoms with Gasteiger partial charge in [0.15, 0.2) is 12.6 Å². The van der Waals surface area contributed by atoms with Crippen molar-refractivity contribution in [3.63, 3.8) is 0 Å². The lowest BCUT2D eigenvalue weighted by Gasteiger charge is -2.03. The van der Waals surface area contributed by atoms with Crippen LogP contribution in [0.2, 0.25) is 0 Å². The van der Waals surface area contributed by atoms with Crippen molar-refractivity contribution in [1.29, 1.82) is 0 Å². The van der Waals surface area contributed by atoms with Gasteiger partial charge in [-0.25, -0.2) is 9.59 Å². The maximum atomic E-state index is 10.5. The maximum absolute atomic E-state index is 10.5. The molecule has 8 nitrogen and oxygen atoms in total. The number of hydrogen-bond acceptors (Lipinski definition) is 6. The number of ether oxygens (including phenoxy) is 2. The molecule has 0 aliphatic heterocycles. The van der Waals surface area contributed by atoms with E-state index in [-0.39, 0.29) is 11.1 Å². The van der Waals surface area contributed by atoms with Crippen LogP contribution in [-0.4, -0.2) is 58.2 Å². The van der Waals surface area contributed by atoms with E-state index in [1.54, 1.807) is 13.8 Å². The van der Waals surface area contributed by atoms with Crippen LogP contribution >= 0.6 is 0 Å². The first-order valence-electron chi connectivity index (χ1n) is 9.32. The van der Waals surface area contributed by atoms with Gasteiger partial charge in [0.25, 0.3) is 0 Å². The lowest BCUT2D eigenvalue weighted by Crippen LogP contribution is -2.06. The highest BCUT2D eigenvalue weighted by molar-refractivity contribution is 6.01. The second-order valence-electron chi connectivity index (χ2n) is 5.80. The Bertz CT molecular complexity index is 482. The summed E-state index contributed by atoms with van der Waals surface area (Å²) in [4.78, 5) is 20.9. The summed E-state index contributed by atoms with van der Waals surface area (Å²) in [6, 6.07) is 5.48. The highest BCUT2D eigenvalue weighted by atomic mass is 16.6. The quantitative estimate of drug-likeness (QED) is 0.346. The Morgan fingerprint density at radius 3 is 1.36 bits per heavy atom. The van der Waals surface area contributed by atoms with E-state index in [9.17, 15) is 9.59 Å². The number of aliphatic hydroxyl groups excluding tert-OH is 2. The lowest BCUT2D eigenvalue weighted by atomic mass is 10.1. The molecule has 4 N–H and O–H groups in total. The molecule has 8 heteroatoms. The Labute approximate surface area is 166 Å². The van der Waals surface area contributed by atoms with Gasteiger partial charge in [0.05, 0.1) is 11.1 Å². The molecule has 2 unspecified atom stereocenters. The second-order valence-corrected chi connectivity index (χ2v) is 5.80. The van der Waals surface area contributed by atoms with Gasteiger partial charge >= 0.3 is 11.9 Å². The zero-order valence-electron chi connectivity index (χ0n) is 17.1.